The van der Waals surface area contributed by atoms with Gasteiger partial charge in [0, 0.05) is 25.3 Å². The van der Waals surface area contributed by atoms with Crippen molar-refractivity contribution in [2.75, 3.05) is 18.4 Å². The molecule has 1 fully saturated rings. The molecule has 0 spiro atoms. The highest BCUT2D eigenvalue weighted by Crippen LogP contribution is 2.29. The number of halogens is 3. The van der Waals surface area contributed by atoms with Crippen molar-refractivity contribution in [1.29, 1.82) is 0 Å². The molecule has 2 N–H and O–H groups in total. The van der Waals surface area contributed by atoms with Crippen LogP contribution in [0.25, 0.3) is 0 Å². The summed E-state index contributed by atoms with van der Waals surface area (Å²) in [5.74, 6) is 0.367. The first kappa shape index (κ1) is 14.4. The molecule has 1 amide bonds. The Morgan fingerprint density at radius 2 is 2.00 bits per heavy atom. The number of carbonyl (C=O) groups is 1. The first-order valence-corrected chi connectivity index (χ1v) is 6.14. The lowest BCUT2D eigenvalue weighted by Gasteiger charge is -2.30. The monoisotopic (exact) mass is 289 g/mol. The maximum absolute atomic E-state index is 12.4. The molecular formula is C12H14F3N3O2. The van der Waals surface area contributed by atoms with E-state index in [0.29, 0.717) is 31.7 Å². The fourth-order valence-corrected chi connectivity index (χ4v) is 2.07. The van der Waals surface area contributed by atoms with Gasteiger partial charge in [0.1, 0.15) is 5.82 Å². The molecule has 0 atom stereocenters. The van der Waals surface area contributed by atoms with Gasteiger partial charge in [-0.15, -0.1) is 0 Å². The van der Waals surface area contributed by atoms with Gasteiger partial charge in [-0.1, -0.05) is 0 Å². The Kier molecular flexibility index (Phi) is 4.01. The van der Waals surface area contributed by atoms with Crippen LogP contribution in [0.3, 0.4) is 0 Å². The van der Waals surface area contributed by atoms with Gasteiger partial charge in [0.05, 0.1) is 5.56 Å². The fourth-order valence-electron chi connectivity index (χ4n) is 2.07. The minimum absolute atomic E-state index is 0.0230. The molecule has 8 heteroatoms. The third kappa shape index (κ3) is 3.52. The number of nitrogens with one attached hydrogen (secondary N) is 1. The van der Waals surface area contributed by atoms with E-state index in [1.54, 1.807) is 0 Å². The lowest BCUT2D eigenvalue weighted by atomic mass is 10.1. The Labute approximate surface area is 113 Å². The average molecular weight is 289 g/mol. The van der Waals surface area contributed by atoms with Crippen molar-refractivity contribution in [3.63, 3.8) is 0 Å². The summed E-state index contributed by atoms with van der Waals surface area (Å²) in [5, 5.41) is 11.8. The summed E-state index contributed by atoms with van der Waals surface area (Å²) >= 11 is 0. The smallest absolute Gasteiger partial charge is 0.417 e. The van der Waals surface area contributed by atoms with Crippen LogP contribution in [0.1, 0.15) is 18.4 Å². The molecule has 0 aromatic carbocycles. The molecule has 1 aromatic heterocycles. The molecule has 2 heterocycles. The minimum Gasteiger partial charge on any atom is -0.465 e. The fraction of sp³-hybridized carbons (Fsp3) is 0.500. The highest BCUT2D eigenvalue weighted by molar-refractivity contribution is 5.65. The highest BCUT2D eigenvalue weighted by atomic mass is 19.4. The molecular weight excluding hydrogens is 275 g/mol. The number of hydrogen-bond acceptors (Lipinski definition) is 3. The number of anilines is 1. The van der Waals surface area contributed by atoms with Gasteiger partial charge in [-0.05, 0) is 25.0 Å². The number of carboxylic acid groups (broad SMARTS) is 1. The standard InChI is InChI=1S/C12H14F3N3O2/c13-12(14,15)8-1-2-10(16-7-8)17-9-3-5-18(6-4-9)11(19)20/h1-2,7,9H,3-6H2,(H,16,17)(H,19,20). The molecule has 2 rings (SSSR count). The molecule has 20 heavy (non-hydrogen) atoms. The number of amides is 1. The number of aromatic nitrogens is 1. The molecule has 110 valence electrons. The first-order valence-electron chi connectivity index (χ1n) is 6.14. The molecule has 0 bridgehead atoms. The zero-order chi connectivity index (χ0) is 14.8. The van der Waals surface area contributed by atoms with Crippen molar-refractivity contribution in [3.8, 4) is 0 Å². The zero-order valence-corrected chi connectivity index (χ0v) is 10.5. The Bertz CT molecular complexity index is 468. The van der Waals surface area contributed by atoms with Crippen molar-refractivity contribution in [3.05, 3.63) is 23.9 Å². The average Bonchev–Trinajstić information content (AvgIpc) is 2.39. The number of rotatable bonds is 2. The number of piperidine rings is 1. The van der Waals surface area contributed by atoms with Crippen LogP contribution in [-0.2, 0) is 6.18 Å². The van der Waals surface area contributed by atoms with Crippen LogP contribution in [-0.4, -0.2) is 40.2 Å². The molecule has 0 unspecified atom stereocenters. The summed E-state index contributed by atoms with van der Waals surface area (Å²) in [6.45, 7) is 0.821. The third-order valence-electron chi connectivity index (χ3n) is 3.21. The van der Waals surface area contributed by atoms with Crippen molar-refractivity contribution in [2.45, 2.75) is 25.1 Å². The number of pyridine rings is 1. The van der Waals surface area contributed by atoms with Gasteiger partial charge < -0.3 is 15.3 Å². The Morgan fingerprint density at radius 1 is 1.35 bits per heavy atom. The summed E-state index contributed by atoms with van der Waals surface area (Å²) < 4.78 is 37.1. The maximum atomic E-state index is 12.4. The normalized spacial score (nSPS) is 17.1. The van der Waals surface area contributed by atoms with Crippen LogP contribution in [0.2, 0.25) is 0 Å². The van der Waals surface area contributed by atoms with E-state index in [1.807, 2.05) is 0 Å². The lowest BCUT2D eigenvalue weighted by Crippen LogP contribution is -2.41. The van der Waals surface area contributed by atoms with E-state index in [9.17, 15) is 18.0 Å². The minimum atomic E-state index is -4.39. The van der Waals surface area contributed by atoms with E-state index in [0.717, 1.165) is 12.3 Å². The second-order valence-corrected chi connectivity index (χ2v) is 4.62. The first-order chi connectivity index (χ1) is 9.36. The van der Waals surface area contributed by atoms with Crippen LogP contribution >= 0.6 is 0 Å². The van der Waals surface area contributed by atoms with Gasteiger partial charge in [0.25, 0.3) is 0 Å². The SMILES string of the molecule is O=C(O)N1CCC(Nc2ccc(C(F)(F)F)cn2)CC1. The molecule has 0 aliphatic carbocycles. The van der Waals surface area contributed by atoms with Crippen molar-refractivity contribution in [2.24, 2.45) is 0 Å². The van der Waals surface area contributed by atoms with Gasteiger partial charge in [-0.25, -0.2) is 9.78 Å². The van der Waals surface area contributed by atoms with Gasteiger partial charge in [-0.3, -0.25) is 0 Å². The van der Waals surface area contributed by atoms with Gasteiger partial charge in [0.2, 0.25) is 0 Å². The summed E-state index contributed by atoms with van der Waals surface area (Å²) in [6, 6.07) is 2.28. The van der Waals surface area contributed by atoms with Gasteiger partial charge in [0.15, 0.2) is 0 Å². The molecule has 1 saturated heterocycles. The van der Waals surface area contributed by atoms with Gasteiger partial charge >= 0.3 is 12.3 Å². The summed E-state index contributed by atoms with van der Waals surface area (Å²) in [4.78, 5) is 15.8. The van der Waals surface area contributed by atoms with Crippen LogP contribution in [0.5, 0.6) is 0 Å². The molecule has 1 aromatic rings. The summed E-state index contributed by atoms with van der Waals surface area (Å²) in [6.07, 6.45) is -3.34. The Hall–Kier alpha value is -1.99. The second kappa shape index (κ2) is 5.56. The van der Waals surface area contributed by atoms with E-state index >= 15 is 0 Å². The van der Waals surface area contributed by atoms with Crippen LogP contribution in [0.15, 0.2) is 18.3 Å². The topological polar surface area (TPSA) is 65.5 Å². The predicted octanol–water partition coefficient (Wildman–Crippen LogP) is 2.65. The number of hydrogen-bond donors (Lipinski definition) is 2. The number of nitrogens with zero attached hydrogens (tertiary/aromatic N) is 2. The quantitative estimate of drug-likeness (QED) is 0.878. The zero-order valence-electron chi connectivity index (χ0n) is 10.5. The molecule has 5 nitrogen and oxygen atoms in total. The van der Waals surface area contributed by atoms with E-state index in [-0.39, 0.29) is 6.04 Å². The van der Waals surface area contributed by atoms with Gasteiger partial charge in [-0.2, -0.15) is 13.2 Å². The Morgan fingerprint density at radius 3 is 2.45 bits per heavy atom. The maximum Gasteiger partial charge on any atom is 0.417 e. The van der Waals surface area contributed by atoms with E-state index in [2.05, 4.69) is 10.3 Å². The predicted molar refractivity (Wildman–Crippen MR) is 65.5 cm³/mol. The third-order valence-corrected chi connectivity index (χ3v) is 3.21. The summed E-state index contributed by atoms with van der Waals surface area (Å²) in [7, 11) is 0. The lowest BCUT2D eigenvalue weighted by molar-refractivity contribution is -0.137. The Balaban J connectivity index is 1.90. The summed E-state index contributed by atoms with van der Waals surface area (Å²) in [5.41, 5.74) is -0.788. The molecule has 1 aliphatic heterocycles. The van der Waals surface area contributed by atoms with E-state index in [4.69, 9.17) is 5.11 Å². The van der Waals surface area contributed by atoms with Crippen LogP contribution in [0, 0.1) is 0 Å². The van der Waals surface area contributed by atoms with E-state index in [1.165, 1.54) is 11.0 Å². The van der Waals surface area contributed by atoms with Crippen molar-refractivity contribution >= 4 is 11.9 Å². The van der Waals surface area contributed by atoms with Crippen molar-refractivity contribution < 1.29 is 23.1 Å². The van der Waals surface area contributed by atoms with E-state index < -0.39 is 17.8 Å². The number of alkyl halides is 3. The van der Waals surface area contributed by atoms with Crippen molar-refractivity contribution in [1.82, 2.24) is 9.88 Å². The van der Waals surface area contributed by atoms with Crippen LogP contribution < -0.4 is 5.32 Å². The molecule has 0 radical (unpaired) electrons. The molecule has 0 saturated carbocycles. The second-order valence-electron chi connectivity index (χ2n) is 4.62. The van der Waals surface area contributed by atoms with Crippen LogP contribution in [0.4, 0.5) is 23.8 Å². The number of likely N-dealkylation sites (tertiary alicyclic amines) is 1. The largest absolute Gasteiger partial charge is 0.465 e. The molecule has 1 aliphatic rings. The highest BCUT2D eigenvalue weighted by Gasteiger charge is 2.30.